The van der Waals surface area contributed by atoms with Crippen molar-refractivity contribution in [3.8, 4) is 11.5 Å². The zero-order chi connectivity index (χ0) is 25.2. The molecule has 35 heavy (non-hydrogen) atoms. The number of anilines is 1. The van der Waals surface area contributed by atoms with Crippen LogP contribution in [0.5, 0.6) is 0 Å². The molecule has 7 nitrogen and oxygen atoms in total. The number of thiol groups is 1. The fourth-order valence-corrected chi connectivity index (χ4v) is 5.29. The first-order valence-corrected chi connectivity index (χ1v) is 12.2. The first kappa shape index (κ1) is 23.4. The van der Waals surface area contributed by atoms with Gasteiger partial charge in [-0.2, -0.15) is 12.6 Å². The predicted molar refractivity (Wildman–Crippen MR) is 142 cm³/mol. The average Bonchev–Trinajstić information content (AvgIpc) is 3.28. The Bertz CT molecular complexity index is 1510. The van der Waals surface area contributed by atoms with Crippen LogP contribution in [0.2, 0.25) is 0 Å². The molecule has 0 bridgehead atoms. The number of carbonyl (C=O) groups is 1. The SMILES string of the molecule is Cc1nc(-c2nc3cc4c(cc3n2C(C)c2ccccc2)N(C(C)C)C(=O)C4(C)S)cn(C)c1=O. The molecule has 8 heteroatoms. The van der Waals surface area contributed by atoms with Gasteiger partial charge >= 0.3 is 0 Å². The first-order chi connectivity index (χ1) is 16.5. The van der Waals surface area contributed by atoms with Crippen LogP contribution in [0.1, 0.15) is 50.6 Å². The Hall–Kier alpha value is -3.39. The number of fused-ring (bicyclic) bond motifs is 2. The lowest BCUT2D eigenvalue weighted by Gasteiger charge is -2.24. The summed E-state index contributed by atoms with van der Waals surface area (Å²) in [5.74, 6) is 0.638. The summed E-state index contributed by atoms with van der Waals surface area (Å²) in [5.41, 5.74) is 5.37. The van der Waals surface area contributed by atoms with Gasteiger partial charge in [0.25, 0.3) is 5.56 Å². The number of rotatable bonds is 4. The third kappa shape index (κ3) is 3.50. The monoisotopic (exact) mass is 487 g/mol. The molecule has 5 rings (SSSR count). The zero-order valence-electron chi connectivity index (χ0n) is 20.8. The molecule has 1 aliphatic rings. The highest BCUT2D eigenvalue weighted by molar-refractivity contribution is 7.82. The van der Waals surface area contributed by atoms with E-state index in [0.29, 0.717) is 17.2 Å². The predicted octanol–water partition coefficient (Wildman–Crippen LogP) is 4.61. The van der Waals surface area contributed by atoms with Gasteiger partial charge in [0.1, 0.15) is 16.1 Å². The molecule has 0 aliphatic carbocycles. The van der Waals surface area contributed by atoms with Crippen molar-refractivity contribution < 1.29 is 4.79 Å². The van der Waals surface area contributed by atoms with Crippen LogP contribution in [0.15, 0.2) is 53.5 Å². The van der Waals surface area contributed by atoms with E-state index in [1.165, 1.54) is 0 Å². The molecular formula is C27H29N5O2S. The summed E-state index contributed by atoms with van der Waals surface area (Å²) in [7, 11) is 1.72. The summed E-state index contributed by atoms with van der Waals surface area (Å²) >= 11 is 4.76. The fourth-order valence-electron chi connectivity index (χ4n) is 5.01. The maximum Gasteiger partial charge on any atom is 0.271 e. The maximum absolute atomic E-state index is 13.2. The van der Waals surface area contributed by atoms with Gasteiger partial charge in [-0.05, 0) is 52.3 Å². The van der Waals surface area contributed by atoms with E-state index in [2.05, 4.69) is 34.7 Å². The number of amides is 1. The summed E-state index contributed by atoms with van der Waals surface area (Å²) < 4.78 is 2.75. The molecular weight excluding hydrogens is 458 g/mol. The molecule has 0 N–H and O–H groups in total. The molecule has 3 heterocycles. The smallest absolute Gasteiger partial charge is 0.271 e. The van der Waals surface area contributed by atoms with Crippen LogP contribution in [0.25, 0.3) is 22.6 Å². The minimum Gasteiger partial charge on any atom is -0.315 e. The number of hydrogen-bond donors (Lipinski definition) is 1. The number of hydrogen-bond acceptors (Lipinski definition) is 5. The largest absolute Gasteiger partial charge is 0.315 e. The second-order valence-electron chi connectivity index (χ2n) is 9.72. The van der Waals surface area contributed by atoms with E-state index in [4.69, 9.17) is 17.6 Å². The standard InChI is InChI=1S/C27H29N5O2S/c1-15(2)31-22-13-23-20(12-19(22)27(5,35)26(31)34)29-24(21-14-30(6)25(33)16(3)28-21)32(23)17(4)18-10-8-7-9-11-18/h7-15,17,35H,1-6H3. The van der Waals surface area contributed by atoms with Crippen LogP contribution in [0.3, 0.4) is 0 Å². The lowest BCUT2D eigenvalue weighted by Crippen LogP contribution is -2.39. The van der Waals surface area contributed by atoms with Crippen LogP contribution in [-0.4, -0.2) is 31.1 Å². The van der Waals surface area contributed by atoms with Gasteiger partial charge in [0, 0.05) is 24.8 Å². The van der Waals surface area contributed by atoms with Crippen LogP contribution in [0, 0.1) is 6.92 Å². The summed E-state index contributed by atoms with van der Waals surface area (Å²) in [4.78, 5) is 37.0. The topological polar surface area (TPSA) is 73.0 Å². The number of benzene rings is 2. The second-order valence-corrected chi connectivity index (χ2v) is 10.6. The number of aromatic nitrogens is 4. The van der Waals surface area contributed by atoms with Crippen LogP contribution >= 0.6 is 12.6 Å². The minimum atomic E-state index is -0.936. The van der Waals surface area contributed by atoms with Gasteiger partial charge in [0.2, 0.25) is 5.91 Å². The zero-order valence-corrected chi connectivity index (χ0v) is 21.7. The average molecular weight is 488 g/mol. The highest BCUT2D eigenvalue weighted by Gasteiger charge is 2.46. The van der Waals surface area contributed by atoms with Gasteiger partial charge in [-0.25, -0.2) is 9.97 Å². The number of imidazole rings is 1. The Morgan fingerprint density at radius 2 is 1.71 bits per heavy atom. The number of carbonyl (C=O) groups excluding carboxylic acids is 1. The Kier molecular flexibility index (Phi) is 5.40. The van der Waals surface area contributed by atoms with Crippen molar-refractivity contribution in [2.24, 2.45) is 7.05 Å². The molecule has 1 amide bonds. The Labute approximate surface area is 209 Å². The molecule has 0 saturated heterocycles. The first-order valence-electron chi connectivity index (χ1n) is 11.7. The summed E-state index contributed by atoms with van der Waals surface area (Å²) in [6, 6.07) is 14.1. The van der Waals surface area contributed by atoms with Gasteiger partial charge in [0.05, 0.1) is 22.8 Å². The van der Waals surface area contributed by atoms with Gasteiger partial charge in [0.15, 0.2) is 5.82 Å². The second kappa shape index (κ2) is 8.09. The summed E-state index contributed by atoms with van der Waals surface area (Å²) in [6.45, 7) is 9.69. The van der Waals surface area contributed by atoms with E-state index in [-0.39, 0.29) is 23.6 Å². The Morgan fingerprint density at radius 3 is 2.34 bits per heavy atom. The number of nitrogens with zero attached hydrogens (tertiary/aromatic N) is 5. The fraction of sp³-hybridized carbons (Fsp3) is 0.333. The van der Waals surface area contributed by atoms with E-state index < -0.39 is 4.75 Å². The Balaban J connectivity index is 1.85. The van der Waals surface area contributed by atoms with Gasteiger partial charge < -0.3 is 14.0 Å². The van der Waals surface area contributed by atoms with Crippen LogP contribution in [0.4, 0.5) is 5.69 Å². The quantitative estimate of drug-likeness (QED) is 0.427. The third-order valence-corrected chi connectivity index (χ3v) is 7.31. The highest BCUT2D eigenvalue weighted by atomic mass is 32.1. The van der Waals surface area contributed by atoms with E-state index in [1.54, 1.807) is 24.7 Å². The molecule has 0 saturated carbocycles. The highest BCUT2D eigenvalue weighted by Crippen LogP contribution is 2.47. The molecule has 0 radical (unpaired) electrons. The lowest BCUT2D eigenvalue weighted by molar-refractivity contribution is -0.120. The van der Waals surface area contributed by atoms with Crippen molar-refractivity contribution in [2.45, 2.75) is 51.4 Å². The van der Waals surface area contributed by atoms with Crippen molar-refractivity contribution in [1.29, 1.82) is 0 Å². The van der Waals surface area contributed by atoms with Crippen molar-refractivity contribution in [1.82, 2.24) is 19.1 Å². The molecule has 1 aliphatic heterocycles. The summed E-state index contributed by atoms with van der Waals surface area (Å²) in [6.07, 6.45) is 1.73. The normalized spacial score (nSPS) is 18.5. The molecule has 180 valence electrons. The van der Waals surface area contributed by atoms with Crippen molar-refractivity contribution in [2.75, 3.05) is 4.90 Å². The van der Waals surface area contributed by atoms with E-state index in [9.17, 15) is 9.59 Å². The Morgan fingerprint density at radius 1 is 1.03 bits per heavy atom. The van der Waals surface area contributed by atoms with Crippen molar-refractivity contribution in [3.63, 3.8) is 0 Å². The van der Waals surface area contributed by atoms with E-state index in [0.717, 1.165) is 27.8 Å². The molecule has 2 atom stereocenters. The third-order valence-electron chi connectivity index (χ3n) is 6.87. The molecule has 2 aromatic heterocycles. The molecule has 0 spiro atoms. The van der Waals surface area contributed by atoms with Crippen LogP contribution < -0.4 is 10.5 Å². The maximum atomic E-state index is 13.2. The van der Waals surface area contributed by atoms with Gasteiger partial charge in [-0.1, -0.05) is 30.3 Å². The van der Waals surface area contributed by atoms with Crippen molar-refractivity contribution in [3.05, 3.63) is 75.8 Å². The number of aryl methyl sites for hydroxylation is 2. The van der Waals surface area contributed by atoms with Gasteiger partial charge in [-0.15, -0.1) is 0 Å². The lowest BCUT2D eigenvalue weighted by atomic mass is 10.0. The van der Waals surface area contributed by atoms with E-state index >= 15 is 0 Å². The van der Waals surface area contributed by atoms with Crippen LogP contribution in [-0.2, 0) is 16.6 Å². The molecule has 2 unspecified atom stereocenters. The minimum absolute atomic E-state index is 0.0111. The van der Waals surface area contributed by atoms with E-state index in [1.807, 2.05) is 49.9 Å². The molecule has 0 fully saturated rings. The van der Waals surface area contributed by atoms with Gasteiger partial charge in [-0.3, -0.25) is 9.59 Å². The van der Waals surface area contributed by atoms with Crippen molar-refractivity contribution >= 4 is 35.3 Å². The summed E-state index contributed by atoms with van der Waals surface area (Å²) in [5, 5.41) is 0. The molecule has 4 aromatic rings. The molecule has 2 aromatic carbocycles.